The van der Waals surface area contributed by atoms with Crippen molar-refractivity contribution in [3.8, 4) is 0 Å². The lowest BCUT2D eigenvalue weighted by Crippen LogP contribution is -2.45. The van der Waals surface area contributed by atoms with Gasteiger partial charge >= 0.3 is 12.4 Å². The third-order valence-electron chi connectivity index (χ3n) is 2.19. The average molecular weight is 365 g/mol. The van der Waals surface area contributed by atoms with E-state index in [0.717, 1.165) is 6.07 Å². The second kappa shape index (κ2) is 5.58. The number of nitrogens with one attached hydrogen (secondary N) is 1. The Morgan fingerprint density at radius 2 is 1.70 bits per heavy atom. The van der Waals surface area contributed by atoms with E-state index in [0.29, 0.717) is 10.2 Å². The zero-order valence-corrected chi connectivity index (χ0v) is 11.3. The van der Waals surface area contributed by atoms with Gasteiger partial charge < -0.3 is 5.32 Å². The van der Waals surface area contributed by atoms with Crippen molar-refractivity contribution in [3.05, 3.63) is 22.3 Å². The number of hydrogen-bond acceptors (Lipinski definition) is 2. The Morgan fingerprint density at radius 3 is 2.10 bits per heavy atom. The molecule has 20 heavy (non-hydrogen) atoms. The number of halogens is 7. The van der Waals surface area contributed by atoms with Crippen LogP contribution < -0.4 is 5.32 Å². The molecule has 1 aromatic rings. The van der Waals surface area contributed by atoms with Crippen LogP contribution in [0.25, 0.3) is 0 Å². The van der Waals surface area contributed by atoms with Crippen LogP contribution in [0.4, 0.5) is 32.2 Å². The van der Waals surface area contributed by atoms with Crippen molar-refractivity contribution in [2.75, 3.05) is 5.32 Å². The lowest BCUT2D eigenvalue weighted by atomic mass is 10.1. The summed E-state index contributed by atoms with van der Waals surface area (Å²) >= 11 is 3.05. The molecule has 0 fully saturated rings. The minimum absolute atomic E-state index is 0.304. The van der Waals surface area contributed by atoms with Crippen molar-refractivity contribution in [2.45, 2.75) is 19.3 Å². The van der Waals surface area contributed by atoms with Crippen LogP contribution in [0.5, 0.6) is 0 Å². The zero-order valence-electron chi connectivity index (χ0n) is 9.73. The Balaban J connectivity index is 3.00. The van der Waals surface area contributed by atoms with Gasteiger partial charge in [0, 0.05) is 4.47 Å². The molecule has 1 amide bonds. The highest BCUT2D eigenvalue weighted by atomic mass is 79.9. The number of anilines is 1. The third-order valence-corrected chi connectivity index (χ3v) is 3.03. The van der Waals surface area contributed by atoms with Gasteiger partial charge in [0.1, 0.15) is 5.82 Å². The van der Waals surface area contributed by atoms with Crippen molar-refractivity contribution in [1.82, 2.24) is 4.98 Å². The maximum atomic E-state index is 12.3. The second-order valence-corrected chi connectivity index (χ2v) is 4.62. The summed E-state index contributed by atoms with van der Waals surface area (Å²) in [7, 11) is 0. The maximum absolute atomic E-state index is 12.3. The van der Waals surface area contributed by atoms with E-state index in [1.54, 1.807) is 0 Å². The first kappa shape index (κ1) is 16.7. The summed E-state index contributed by atoms with van der Waals surface area (Å²) in [6.45, 7) is 1.46. The second-order valence-electron chi connectivity index (χ2n) is 3.77. The molecule has 0 spiro atoms. The Labute approximate surface area is 117 Å². The molecule has 0 unspecified atom stereocenters. The minimum Gasteiger partial charge on any atom is -0.310 e. The number of aryl methyl sites for hydroxylation is 1. The molecule has 3 nitrogen and oxygen atoms in total. The van der Waals surface area contributed by atoms with Crippen LogP contribution in [0.15, 0.2) is 16.6 Å². The number of nitrogens with zero attached hydrogens (tertiary/aromatic N) is 1. The summed E-state index contributed by atoms with van der Waals surface area (Å²) in [6.07, 6.45) is -11.5. The van der Waals surface area contributed by atoms with Crippen LogP contribution in [-0.2, 0) is 4.79 Å². The van der Waals surface area contributed by atoms with Crippen LogP contribution in [0.1, 0.15) is 5.69 Å². The molecule has 0 aliphatic carbocycles. The van der Waals surface area contributed by atoms with Crippen LogP contribution in [-0.4, -0.2) is 23.2 Å². The van der Waals surface area contributed by atoms with E-state index in [4.69, 9.17) is 0 Å². The number of aromatic nitrogens is 1. The average Bonchev–Trinajstić information content (AvgIpc) is 2.18. The molecule has 0 saturated heterocycles. The Hall–Kier alpha value is -1.32. The van der Waals surface area contributed by atoms with Crippen molar-refractivity contribution in [3.63, 3.8) is 0 Å². The predicted molar refractivity (Wildman–Crippen MR) is 60.9 cm³/mol. The minimum atomic E-state index is -5.73. The first-order valence-corrected chi connectivity index (χ1v) is 5.79. The number of alkyl halides is 6. The number of amides is 1. The molecule has 112 valence electrons. The summed E-state index contributed by atoms with van der Waals surface area (Å²) in [5.74, 6) is -6.71. The summed E-state index contributed by atoms with van der Waals surface area (Å²) < 4.78 is 74.3. The molecule has 0 aliphatic heterocycles. The normalized spacial score (nSPS) is 12.7. The molecule has 0 bridgehead atoms. The fraction of sp³-hybridized carbons (Fsp3) is 0.400. The summed E-state index contributed by atoms with van der Waals surface area (Å²) in [5, 5.41) is 1.51. The van der Waals surface area contributed by atoms with Gasteiger partial charge in [-0.15, -0.1) is 0 Å². The van der Waals surface area contributed by atoms with Crippen LogP contribution >= 0.6 is 15.9 Å². The molecule has 1 heterocycles. The quantitative estimate of drug-likeness (QED) is 0.810. The van der Waals surface area contributed by atoms with Crippen molar-refractivity contribution in [2.24, 2.45) is 5.92 Å². The van der Waals surface area contributed by atoms with E-state index in [2.05, 4.69) is 20.9 Å². The lowest BCUT2D eigenvalue weighted by Gasteiger charge is -2.21. The Bertz CT molecular complexity index is 499. The highest BCUT2D eigenvalue weighted by molar-refractivity contribution is 9.10. The lowest BCUT2D eigenvalue weighted by molar-refractivity contribution is -0.272. The highest BCUT2D eigenvalue weighted by Gasteiger charge is 2.61. The number of carbonyl (C=O) groups is 1. The highest BCUT2D eigenvalue weighted by Crippen LogP contribution is 2.39. The van der Waals surface area contributed by atoms with E-state index in [1.165, 1.54) is 18.3 Å². The Morgan fingerprint density at radius 1 is 1.20 bits per heavy atom. The largest absolute Gasteiger partial charge is 0.409 e. The van der Waals surface area contributed by atoms with Crippen LogP contribution in [0.2, 0.25) is 0 Å². The van der Waals surface area contributed by atoms with E-state index < -0.39 is 30.0 Å². The monoisotopic (exact) mass is 364 g/mol. The molecule has 1 rings (SSSR count). The topological polar surface area (TPSA) is 42.0 Å². The van der Waals surface area contributed by atoms with E-state index in [-0.39, 0.29) is 0 Å². The smallest absolute Gasteiger partial charge is 0.310 e. The van der Waals surface area contributed by atoms with Gasteiger partial charge in [-0.05, 0) is 35.0 Å². The Kier molecular flexibility index (Phi) is 4.67. The molecule has 0 saturated carbocycles. The molecule has 0 radical (unpaired) electrons. The van der Waals surface area contributed by atoms with Gasteiger partial charge in [-0.3, -0.25) is 4.79 Å². The molecular formula is C10H7BrF6N2O. The maximum Gasteiger partial charge on any atom is 0.409 e. The van der Waals surface area contributed by atoms with Crippen LogP contribution in [0.3, 0.4) is 0 Å². The first-order chi connectivity index (χ1) is 8.93. The van der Waals surface area contributed by atoms with Gasteiger partial charge in [-0.2, -0.15) is 26.3 Å². The SMILES string of the molecule is Cc1nc(NC(=O)C(C(F)(F)F)C(F)(F)F)ccc1Br. The molecule has 1 N–H and O–H groups in total. The van der Waals surface area contributed by atoms with Gasteiger partial charge in [0.15, 0.2) is 0 Å². The van der Waals surface area contributed by atoms with Gasteiger partial charge in [-0.1, -0.05) is 0 Å². The first-order valence-electron chi connectivity index (χ1n) is 5.00. The molecule has 0 aromatic carbocycles. The van der Waals surface area contributed by atoms with Crippen LogP contribution in [0, 0.1) is 12.8 Å². The standard InChI is InChI=1S/C10H7BrF6N2O/c1-4-5(11)2-3-6(18-4)19-8(20)7(9(12,13)14)10(15,16)17/h2-3,7H,1H3,(H,18,19,20). The van der Waals surface area contributed by atoms with Gasteiger partial charge in [0.2, 0.25) is 11.8 Å². The van der Waals surface area contributed by atoms with Crippen molar-refractivity contribution in [1.29, 1.82) is 0 Å². The fourth-order valence-corrected chi connectivity index (χ4v) is 1.52. The summed E-state index contributed by atoms with van der Waals surface area (Å²) in [4.78, 5) is 14.8. The predicted octanol–water partition coefficient (Wildman–Crippen LogP) is 3.83. The number of rotatable bonds is 2. The molecular weight excluding hydrogens is 358 g/mol. The van der Waals surface area contributed by atoms with Gasteiger partial charge in [0.25, 0.3) is 0 Å². The fourth-order valence-electron chi connectivity index (χ4n) is 1.29. The molecule has 0 atom stereocenters. The summed E-state index contributed by atoms with van der Waals surface area (Å²) in [6, 6.07) is 2.42. The molecule has 10 heteroatoms. The summed E-state index contributed by atoms with van der Waals surface area (Å²) in [5.41, 5.74) is 0.304. The third kappa shape index (κ3) is 4.09. The van der Waals surface area contributed by atoms with E-state index in [1.807, 2.05) is 0 Å². The van der Waals surface area contributed by atoms with Crippen molar-refractivity contribution < 1.29 is 31.1 Å². The van der Waals surface area contributed by atoms with E-state index >= 15 is 0 Å². The zero-order chi connectivity index (χ0) is 15.7. The van der Waals surface area contributed by atoms with Gasteiger partial charge in [0.05, 0.1) is 5.69 Å². The number of pyridine rings is 1. The number of hydrogen-bond donors (Lipinski definition) is 1. The molecule has 1 aromatic heterocycles. The molecule has 0 aliphatic rings. The van der Waals surface area contributed by atoms with E-state index in [9.17, 15) is 31.1 Å². The van der Waals surface area contributed by atoms with Gasteiger partial charge in [-0.25, -0.2) is 4.98 Å². The number of carbonyl (C=O) groups excluding carboxylic acids is 1. The van der Waals surface area contributed by atoms with Crippen molar-refractivity contribution >= 4 is 27.7 Å².